The van der Waals surface area contributed by atoms with Crippen molar-refractivity contribution in [3.05, 3.63) is 23.5 Å². The van der Waals surface area contributed by atoms with Crippen LogP contribution in [0.1, 0.15) is 39.0 Å². The number of hydrogen-bond donors (Lipinski definition) is 0. The Balaban J connectivity index is 0.00000196. The van der Waals surface area contributed by atoms with E-state index in [0.717, 1.165) is 11.3 Å². The molecule has 0 amide bonds. The summed E-state index contributed by atoms with van der Waals surface area (Å²) in [5.74, 6) is 0. The first-order valence-electron chi connectivity index (χ1n) is 4.61. The average Bonchev–Trinajstić information content (AvgIpc) is 2.47. The molecule has 1 radical (unpaired) electrons. The third kappa shape index (κ3) is 3.10. The average molecular weight is 291 g/mol. The van der Waals surface area contributed by atoms with Gasteiger partial charge >= 0.3 is 19.5 Å². The predicted octanol–water partition coefficient (Wildman–Crippen LogP) is 2.48. The fourth-order valence-corrected chi connectivity index (χ4v) is 1.28. The molecule has 0 aliphatic carbocycles. The van der Waals surface area contributed by atoms with E-state index in [1.165, 1.54) is 4.79 Å². The first-order valence-corrected chi connectivity index (χ1v) is 4.61. The molecular formula is C11H16N3Ru. The van der Waals surface area contributed by atoms with Gasteiger partial charge in [0.05, 0.1) is 0 Å². The molecule has 0 unspecified atom stereocenters. The van der Waals surface area contributed by atoms with Crippen molar-refractivity contribution in [3.8, 4) is 0 Å². The van der Waals surface area contributed by atoms with E-state index in [4.69, 9.17) is 0 Å². The number of allylic oxidation sites excluding steroid dienone is 1. The summed E-state index contributed by atoms with van der Waals surface area (Å²) in [4.78, 5) is 1.50. The van der Waals surface area contributed by atoms with E-state index < -0.39 is 0 Å². The Labute approximate surface area is 104 Å². The molecule has 15 heavy (non-hydrogen) atoms. The van der Waals surface area contributed by atoms with Gasteiger partial charge in [0.2, 0.25) is 0 Å². The van der Waals surface area contributed by atoms with Crippen LogP contribution in [0.25, 0.3) is 6.08 Å². The summed E-state index contributed by atoms with van der Waals surface area (Å²) < 4.78 is 0. The van der Waals surface area contributed by atoms with Crippen LogP contribution >= 0.6 is 0 Å². The van der Waals surface area contributed by atoms with Gasteiger partial charge in [0.1, 0.15) is 0 Å². The molecule has 0 fully saturated rings. The first kappa shape index (κ1) is 14.2. The second-order valence-electron chi connectivity index (χ2n) is 4.15. The smallest absolute Gasteiger partial charge is 0.283 e. The van der Waals surface area contributed by atoms with E-state index in [9.17, 15) is 0 Å². The molecule has 4 heteroatoms. The first-order chi connectivity index (χ1) is 6.50. The van der Waals surface area contributed by atoms with Crippen molar-refractivity contribution < 1.29 is 19.5 Å². The van der Waals surface area contributed by atoms with Crippen molar-refractivity contribution in [1.29, 1.82) is 0 Å². The molecule has 1 aromatic heterocycles. The second kappa shape index (κ2) is 5.36. The number of hydrogen-bond acceptors (Lipinski definition) is 2. The maximum atomic E-state index is 4.03. The number of rotatable bonds is 2. The Hall–Kier alpha value is -0.757. The molecule has 0 saturated carbocycles. The van der Waals surface area contributed by atoms with E-state index in [-0.39, 0.29) is 24.9 Å². The topological polar surface area (TPSA) is 30.2 Å². The van der Waals surface area contributed by atoms with Crippen LogP contribution < -0.4 is 0 Å². The van der Waals surface area contributed by atoms with Gasteiger partial charge in [0.25, 0.3) is 0 Å². The largest absolute Gasteiger partial charge is 1.00 e. The molecule has 0 saturated heterocycles. The molecule has 1 rings (SSSR count). The predicted molar refractivity (Wildman–Crippen MR) is 59.4 cm³/mol. The van der Waals surface area contributed by atoms with E-state index in [1.54, 1.807) is 0 Å². The quantitative estimate of drug-likeness (QED) is 0.468. The molecular weight excluding hydrogens is 275 g/mol. The number of aromatic nitrogens is 2. The van der Waals surface area contributed by atoms with Gasteiger partial charge in [-0.05, 0) is 12.3 Å². The van der Waals surface area contributed by atoms with Gasteiger partial charge < -0.3 is 0 Å². The Morgan fingerprint density at radius 3 is 2.47 bits per heavy atom. The fraction of sp³-hybridized carbons (Fsp3) is 0.455. The molecule has 1 heterocycles. The van der Waals surface area contributed by atoms with Crippen molar-refractivity contribution in [1.82, 2.24) is 9.89 Å². The molecule has 0 bridgehead atoms. The number of nitrogens with zero attached hydrogens (tertiary/aromatic N) is 3. The molecule has 83 valence electrons. The summed E-state index contributed by atoms with van der Waals surface area (Å²) in [6, 6.07) is 0. The van der Waals surface area contributed by atoms with Crippen LogP contribution in [0.15, 0.2) is 11.2 Å². The summed E-state index contributed by atoms with van der Waals surface area (Å²) in [6.45, 7) is 11.8. The molecule has 0 aromatic carbocycles. The zero-order valence-electron chi connectivity index (χ0n) is 9.56. The SMILES string of the molecule is C=Nn1n[c-]c(C(C)(C)C)c1/C=C\C.[Ru+]. The monoisotopic (exact) mass is 292 g/mol. The summed E-state index contributed by atoms with van der Waals surface area (Å²) in [6.07, 6.45) is 6.91. The molecule has 1 aromatic rings. The second-order valence-corrected chi connectivity index (χ2v) is 4.15. The zero-order valence-corrected chi connectivity index (χ0v) is 11.3. The van der Waals surface area contributed by atoms with Gasteiger partial charge in [-0.1, -0.05) is 26.5 Å². The van der Waals surface area contributed by atoms with Crippen LogP contribution in [0.3, 0.4) is 0 Å². The molecule has 0 atom stereocenters. The summed E-state index contributed by atoms with van der Waals surface area (Å²) in [7, 11) is 0. The van der Waals surface area contributed by atoms with Gasteiger partial charge in [-0.3, -0.25) is 9.89 Å². The van der Waals surface area contributed by atoms with Crippen molar-refractivity contribution in [2.45, 2.75) is 33.1 Å². The summed E-state index contributed by atoms with van der Waals surface area (Å²) in [5, 5.41) is 7.83. The molecule has 0 aliphatic heterocycles. The normalized spacial score (nSPS) is 11.5. The zero-order chi connectivity index (χ0) is 10.8. The van der Waals surface area contributed by atoms with Crippen molar-refractivity contribution in [2.24, 2.45) is 5.10 Å². The van der Waals surface area contributed by atoms with E-state index in [2.05, 4.69) is 43.9 Å². The fourth-order valence-electron chi connectivity index (χ4n) is 1.28. The maximum Gasteiger partial charge on any atom is 1.00 e. The van der Waals surface area contributed by atoms with Crippen LogP contribution in [0, 0.1) is 6.20 Å². The van der Waals surface area contributed by atoms with Gasteiger partial charge in [-0.2, -0.15) is 10.7 Å². The minimum Gasteiger partial charge on any atom is -0.283 e. The third-order valence-corrected chi connectivity index (χ3v) is 1.94. The summed E-state index contributed by atoms with van der Waals surface area (Å²) in [5.41, 5.74) is 2.04. The van der Waals surface area contributed by atoms with Crippen LogP contribution in [0.4, 0.5) is 0 Å². The van der Waals surface area contributed by atoms with Crippen LogP contribution in [-0.4, -0.2) is 16.6 Å². The Kier molecular flexibility index (Phi) is 5.09. The Bertz CT molecular complexity index is 358. The van der Waals surface area contributed by atoms with Crippen molar-refractivity contribution in [2.75, 3.05) is 0 Å². The van der Waals surface area contributed by atoms with Crippen LogP contribution in [0.5, 0.6) is 0 Å². The maximum absolute atomic E-state index is 4.03. The van der Waals surface area contributed by atoms with Gasteiger partial charge in [0, 0.05) is 6.72 Å². The van der Waals surface area contributed by atoms with Crippen molar-refractivity contribution >= 4 is 12.8 Å². The Morgan fingerprint density at radius 1 is 1.47 bits per heavy atom. The third-order valence-electron chi connectivity index (χ3n) is 1.94. The van der Waals surface area contributed by atoms with E-state index in [1.807, 2.05) is 19.1 Å². The van der Waals surface area contributed by atoms with Crippen LogP contribution in [-0.2, 0) is 24.9 Å². The standard InChI is InChI=1S/C11H16N3.Ru/c1-6-7-10-9(11(2,3)4)8-13-14(10)12-5;/h6-7H,5H2,1-4H3;/q-1;+1/b7-6-;. The van der Waals surface area contributed by atoms with Crippen LogP contribution in [0.2, 0.25) is 0 Å². The molecule has 3 nitrogen and oxygen atoms in total. The minimum absolute atomic E-state index is 0. The molecule has 0 aliphatic rings. The van der Waals surface area contributed by atoms with Gasteiger partial charge in [-0.25, -0.2) is 0 Å². The van der Waals surface area contributed by atoms with E-state index in [0.29, 0.717) is 0 Å². The van der Waals surface area contributed by atoms with Crippen molar-refractivity contribution in [3.63, 3.8) is 0 Å². The van der Waals surface area contributed by atoms with E-state index >= 15 is 0 Å². The molecule has 0 N–H and O–H groups in total. The van der Waals surface area contributed by atoms with Gasteiger partial charge in [0.15, 0.2) is 0 Å². The Morgan fingerprint density at radius 2 is 2.07 bits per heavy atom. The van der Waals surface area contributed by atoms with Gasteiger partial charge in [-0.15, -0.1) is 18.3 Å². The minimum atomic E-state index is 0. The summed E-state index contributed by atoms with van der Waals surface area (Å²) >= 11 is 0. The molecule has 0 spiro atoms.